The first-order valence-electron chi connectivity index (χ1n) is 10.5. The van der Waals surface area contributed by atoms with Crippen LogP contribution in [0.1, 0.15) is 35.9 Å². The molecule has 0 amide bonds. The first-order valence-corrected chi connectivity index (χ1v) is 11.3. The first-order chi connectivity index (χ1) is 16.7. The highest BCUT2D eigenvalue weighted by molar-refractivity contribution is 7.15. The van der Waals surface area contributed by atoms with Crippen LogP contribution in [0.4, 0.5) is 22.0 Å². The first kappa shape index (κ1) is 24.6. The van der Waals surface area contributed by atoms with Gasteiger partial charge in [0.1, 0.15) is 29.0 Å². The number of unbranched alkanes of at least 4 members (excludes halogenated alkanes) is 1. The van der Waals surface area contributed by atoms with Gasteiger partial charge in [-0.15, -0.1) is 11.3 Å². The van der Waals surface area contributed by atoms with Crippen LogP contribution in [0.25, 0.3) is 22.0 Å². The lowest BCUT2D eigenvalue weighted by atomic mass is 10.1. The van der Waals surface area contributed by atoms with Crippen molar-refractivity contribution >= 4 is 11.3 Å². The van der Waals surface area contributed by atoms with Gasteiger partial charge in [-0.3, -0.25) is 9.51 Å². The van der Waals surface area contributed by atoms with Crippen LogP contribution in [0.5, 0.6) is 5.75 Å². The molecule has 184 valence electrons. The van der Waals surface area contributed by atoms with Crippen LogP contribution in [0.15, 0.2) is 45.7 Å². The Kier molecular flexibility index (Phi) is 7.01. The maximum atomic E-state index is 14.5. The topological polar surface area (TPSA) is 81.0 Å². The van der Waals surface area contributed by atoms with Gasteiger partial charge in [0, 0.05) is 17.7 Å². The quantitative estimate of drug-likeness (QED) is 0.278. The normalized spacial score (nSPS) is 11.7. The molecule has 0 spiro atoms. The number of aromatic nitrogens is 3. The van der Waals surface area contributed by atoms with Crippen molar-refractivity contribution in [2.75, 3.05) is 0 Å². The second-order valence-electron chi connectivity index (χ2n) is 7.56. The molecule has 35 heavy (non-hydrogen) atoms. The summed E-state index contributed by atoms with van der Waals surface area (Å²) in [6, 6.07) is 6.23. The number of nitrogens with zero attached hydrogens (tertiary/aromatic N) is 2. The average Bonchev–Trinajstić information content (AvgIpc) is 3.41. The SMILES string of the molecule is CCCCc1nc(-c2ccc(C(F)(F)F)cc2)sc1COc1cc(F)cc(F)c1-c1noc(=O)[nH]1. The standard InChI is InChI=1S/C23H18F5N3O3S/c1-2-3-4-16-18(35-21(29-16)12-5-7-13(8-6-12)23(26,27)28)11-33-17-10-14(24)9-15(25)19(17)20-30-22(32)34-31-20/h5-10H,2-4,11H2,1H3,(H,30,31,32). The minimum atomic E-state index is -4.45. The van der Waals surface area contributed by atoms with Gasteiger partial charge in [0.2, 0.25) is 0 Å². The molecule has 4 rings (SSSR count). The zero-order valence-electron chi connectivity index (χ0n) is 18.2. The van der Waals surface area contributed by atoms with E-state index in [9.17, 15) is 26.7 Å². The molecule has 2 aromatic carbocycles. The van der Waals surface area contributed by atoms with E-state index in [2.05, 4.69) is 19.6 Å². The summed E-state index contributed by atoms with van der Waals surface area (Å²) in [5.74, 6) is -3.29. The second-order valence-corrected chi connectivity index (χ2v) is 8.64. The van der Waals surface area contributed by atoms with E-state index in [4.69, 9.17) is 4.74 Å². The summed E-state index contributed by atoms with van der Waals surface area (Å²) in [4.78, 5) is 18.7. The van der Waals surface area contributed by atoms with Crippen LogP contribution in [-0.2, 0) is 19.2 Å². The molecule has 2 heterocycles. The van der Waals surface area contributed by atoms with Crippen molar-refractivity contribution in [2.24, 2.45) is 0 Å². The molecule has 0 saturated carbocycles. The third kappa shape index (κ3) is 5.59. The lowest BCUT2D eigenvalue weighted by molar-refractivity contribution is -0.137. The van der Waals surface area contributed by atoms with Crippen molar-refractivity contribution in [1.29, 1.82) is 0 Å². The third-order valence-electron chi connectivity index (χ3n) is 5.06. The number of aromatic amines is 1. The Morgan fingerprint density at radius 2 is 1.89 bits per heavy atom. The fraction of sp³-hybridized carbons (Fsp3) is 0.261. The molecule has 2 aromatic heterocycles. The predicted octanol–water partition coefficient (Wildman–Crippen LogP) is 6.37. The van der Waals surface area contributed by atoms with Gasteiger partial charge in [0.05, 0.1) is 21.7 Å². The maximum absolute atomic E-state index is 14.5. The van der Waals surface area contributed by atoms with E-state index in [-0.39, 0.29) is 23.7 Å². The fourth-order valence-corrected chi connectivity index (χ4v) is 4.36. The van der Waals surface area contributed by atoms with Crippen molar-refractivity contribution < 1.29 is 31.2 Å². The monoisotopic (exact) mass is 511 g/mol. The maximum Gasteiger partial charge on any atom is 0.439 e. The van der Waals surface area contributed by atoms with E-state index in [0.29, 0.717) is 33.6 Å². The lowest BCUT2D eigenvalue weighted by Gasteiger charge is -2.11. The Labute approximate surface area is 199 Å². The minimum absolute atomic E-state index is 0.116. The molecule has 6 nitrogen and oxygen atoms in total. The molecule has 0 aliphatic heterocycles. The number of hydrogen-bond donors (Lipinski definition) is 1. The Hall–Kier alpha value is -3.54. The zero-order valence-corrected chi connectivity index (χ0v) is 19.0. The molecule has 0 bridgehead atoms. The molecule has 1 N–H and O–H groups in total. The predicted molar refractivity (Wildman–Crippen MR) is 118 cm³/mol. The van der Waals surface area contributed by atoms with Crippen molar-refractivity contribution in [1.82, 2.24) is 15.1 Å². The van der Waals surface area contributed by atoms with Crippen LogP contribution in [0.3, 0.4) is 0 Å². The Morgan fingerprint density at radius 3 is 2.51 bits per heavy atom. The van der Waals surface area contributed by atoms with Crippen LogP contribution < -0.4 is 10.5 Å². The van der Waals surface area contributed by atoms with Crippen LogP contribution >= 0.6 is 11.3 Å². The third-order valence-corrected chi connectivity index (χ3v) is 6.18. The highest BCUT2D eigenvalue weighted by Gasteiger charge is 2.30. The molecular weight excluding hydrogens is 493 g/mol. The summed E-state index contributed by atoms with van der Waals surface area (Å²) >= 11 is 1.21. The zero-order chi connectivity index (χ0) is 25.2. The number of aryl methyl sites for hydroxylation is 1. The minimum Gasteiger partial charge on any atom is -0.487 e. The van der Waals surface area contributed by atoms with Crippen molar-refractivity contribution in [2.45, 2.75) is 39.0 Å². The van der Waals surface area contributed by atoms with Crippen LogP contribution in [0, 0.1) is 11.6 Å². The van der Waals surface area contributed by atoms with Gasteiger partial charge in [-0.2, -0.15) is 13.2 Å². The van der Waals surface area contributed by atoms with Crippen LogP contribution in [-0.4, -0.2) is 15.1 Å². The number of hydrogen-bond acceptors (Lipinski definition) is 6. The highest BCUT2D eigenvalue weighted by Crippen LogP contribution is 2.35. The van der Waals surface area contributed by atoms with Gasteiger partial charge in [-0.05, 0) is 25.0 Å². The number of H-pyrrole nitrogens is 1. The Morgan fingerprint density at radius 1 is 1.14 bits per heavy atom. The number of rotatable bonds is 8. The van der Waals surface area contributed by atoms with Gasteiger partial charge < -0.3 is 4.74 Å². The Balaban J connectivity index is 1.64. The summed E-state index contributed by atoms with van der Waals surface area (Å²) in [6.45, 7) is 1.88. The van der Waals surface area contributed by atoms with E-state index in [0.717, 1.165) is 31.0 Å². The summed E-state index contributed by atoms with van der Waals surface area (Å²) in [5.41, 5.74) is 0.142. The number of nitrogens with one attached hydrogen (secondary N) is 1. The van der Waals surface area contributed by atoms with E-state index >= 15 is 0 Å². The molecule has 0 aliphatic carbocycles. The smallest absolute Gasteiger partial charge is 0.439 e. The number of benzene rings is 2. The van der Waals surface area contributed by atoms with Gasteiger partial charge in [-0.1, -0.05) is 30.6 Å². The largest absolute Gasteiger partial charge is 0.487 e. The van der Waals surface area contributed by atoms with Gasteiger partial charge >= 0.3 is 11.9 Å². The van der Waals surface area contributed by atoms with Gasteiger partial charge in [0.25, 0.3) is 0 Å². The molecule has 0 atom stereocenters. The van der Waals surface area contributed by atoms with Crippen molar-refractivity contribution in [3.05, 3.63) is 74.7 Å². The molecule has 12 heteroatoms. The fourth-order valence-electron chi connectivity index (χ4n) is 3.34. The van der Waals surface area contributed by atoms with E-state index in [1.165, 1.54) is 23.5 Å². The van der Waals surface area contributed by atoms with E-state index in [1.54, 1.807) is 0 Å². The number of thiazole rings is 1. The number of alkyl halides is 3. The van der Waals surface area contributed by atoms with Crippen molar-refractivity contribution in [3.63, 3.8) is 0 Å². The molecule has 0 aliphatic rings. The van der Waals surface area contributed by atoms with Crippen molar-refractivity contribution in [3.8, 4) is 27.7 Å². The average molecular weight is 511 g/mol. The number of ether oxygens (including phenoxy) is 1. The second kappa shape index (κ2) is 9.98. The molecule has 0 fully saturated rings. The molecular formula is C23H18F5N3O3S. The summed E-state index contributed by atoms with van der Waals surface area (Å²) in [5, 5.41) is 3.94. The van der Waals surface area contributed by atoms with Gasteiger partial charge in [-0.25, -0.2) is 18.6 Å². The highest BCUT2D eigenvalue weighted by atomic mass is 32.1. The lowest BCUT2D eigenvalue weighted by Crippen LogP contribution is -2.03. The molecule has 0 unspecified atom stereocenters. The molecule has 0 radical (unpaired) electrons. The van der Waals surface area contributed by atoms with E-state index in [1.807, 2.05) is 6.92 Å². The van der Waals surface area contributed by atoms with E-state index < -0.39 is 29.1 Å². The molecule has 4 aromatic rings. The summed E-state index contributed by atoms with van der Waals surface area (Å²) < 4.78 is 77.2. The Bertz CT molecular complexity index is 1380. The van der Waals surface area contributed by atoms with Crippen LogP contribution in [0.2, 0.25) is 0 Å². The summed E-state index contributed by atoms with van der Waals surface area (Å²) in [6.07, 6.45) is -2.17. The summed E-state index contributed by atoms with van der Waals surface area (Å²) in [7, 11) is 0. The van der Waals surface area contributed by atoms with Gasteiger partial charge in [0.15, 0.2) is 5.82 Å². The molecule has 0 saturated heterocycles. The number of halogens is 5.